The first-order chi connectivity index (χ1) is 7.37. The topological polar surface area (TPSA) is 78.9 Å². The van der Waals surface area contributed by atoms with Crippen LogP contribution >= 0.6 is 0 Å². The van der Waals surface area contributed by atoms with E-state index in [0.717, 1.165) is 0 Å². The summed E-state index contributed by atoms with van der Waals surface area (Å²) < 4.78 is 4.29. The molecular weight excluding hydrogens is 212 g/mol. The van der Waals surface area contributed by atoms with E-state index in [1.165, 1.54) is 7.11 Å². The van der Waals surface area contributed by atoms with Gasteiger partial charge in [0, 0.05) is 13.1 Å². The molecule has 6 nitrogen and oxygen atoms in total. The van der Waals surface area contributed by atoms with Crippen LogP contribution < -0.4 is 5.32 Å². The van der Waals surface area contributed by atoms with Crippen molar-refractivity contribution in [3.8, 4) is 0 Å². The van der Waals surface area contributed by atoms with E-state index in [1.54, 1.807) is 4.90 Å². The average molecular weight is 230 g/mol. The first-order valence-electron chi connectivity index (χ1n) is 5.20. The molecule has 0 aromatic rings. The Morgan fingerprint density at radius 2 is 2.06 bits per heavy atom. The van der Waals surface area contributed by atoms with Crippen molar-refractivity contribution in [1.82, 2.24) is 10.2 Å². The number of ether oxygens (including phenoxy) is 1. The lowest BCUT2D eigenvalue weighted by Crippen LogP contribution is -2.65. The molecule has 6 heteroatoms. The molecular formula is C10H18N2O4. The zero-order valence-corrected chi connectivity index (χ0v) is 9.82. The van der Waals surface area contributed by atoms with Crippen molar-refractivity contribution in [1.29, 1.82) is 0 Å². The van der Waals surface area contributed by atoms with Crippen molar-refractivity contribution in [3.63, 3.8) is 0 Å². The van der Waals surface area contributed by atoms with Gasteiger partial charge in [0.2, 0.25) is 5.91 Å². The fraction of sp³-hybridized carbons (Fsp3) is 0.800. The third kappa shape index (κ3) is 2.93. The van der Waals surface area contributed by atoms with E-state index in [2.05, 4.69) is 10.1 Å². The minimum absolute atomic E-state index is 0.101. The van der Waals surface area contributed by atoms with Crippen LogP contribution in [0, 0.1) is 5.92 Å². The Labute approximate surface area is 94.6 Å². The molecule has 2 N–H and O–H groups in total. The summed E-state index contributed by atoms with van der Waals surface area (Å²) in [6.45, 7) is 4.89. The maximum atomic E-state index is 11.3. The molecule has 1 heterocycles. The summed E-state index contributed by atoms with van der Waals surface area (Å²) in [4.78, 5) is 23.8. The van der Waals surface area contributed by atoms with Crippen LogP contribution in [0.5, 0.6) is 0 Å². The van der Waals surface area contributed by atoms with Gasteiger partial charge >= 0.3 is 6.09 Å². The number of alkyl carbamates (subject to hydrolysis) is 1. The van der Waals surface area contributed by atoms with Gasteiger partial charge in [0.25, 0.3) is 0 Å². The zero-order valence-electron chi connectivity index (χ0n) is 9.82. The Hall–Kier alpha value is -1.14. The molecule has 0 unspecified atom stereocenters. The molecule has 2 amide bonds. The van der Waals surface area contributed by atoms with Crippen LogP contribution in [0.4, 0.5) is 4.79 Å². The van der Waals surface area contributed by atoms with E-state index >= 15 is 0 Å². The maximum Gasteiger partial charge on any atom is 0.413 e. The summed E-state index contributed by atoms with van der Waals surface area (Å²) in [6.07, 6.45) is -0.760. The second-order valence-electron chi connectivity index (χ2n) is 4.44. The smallest absolute Gasteiger partial charge is 0.413 e. The predicted molar refractivity (Wildman–Crippen MR) is 56.8 cm³/mol. The Bertz CT molecular complexity index is 285. The number of carbonyl (C=O) groups is 2. The maximum absolute atomic E-state index is 11.3. The number of nitrogens with one attached hydrogen (secondary N) is 1. The molecule has 1 saturated heterocycles. The second kappa shape index (κ2) is 4.80. The number of aliphatic hydroxyl groups is 1. The van der Waals surface area contributed by atoms with Gasteiger partial charge in [-0.3, -0.25) is 15.0 Å². The third-order valence-electron chi connectivity index (χ3n) is 2.86. The lowest BCUT2D eigenvalue weighted by molar-refractivity contribution is -0.141. The molecule has 0 aliphatic carbocycles. The minimum Gasteiger partial charge on any atom is -0.453 e. The second-order valence-corrected chi connectivity index (χ2v) is 4.44. The van der Waals surface area contributed by atoms with E-state index in [1.807, 2.05) is 13.8 Å². The van der Waals surface area contributed by atoms with Crippen molar-refractivity contribution in [2.45, 2.75) is 19.4 Å². The normalized spacial score (nSPS) is 19.1. The highest BCUT2D eigenvalue weighted by molar-refractivity contribution is 5.92. The lowest BCUT2D eigenvalue weighted by Gasteiger charge is -2.48. The first-order valence-corrected chi connectivity index (χ1v) is 5.20. The molecule has 1 fully saturated rings. The number of amides is 2. The van der Waals surface area contributed by atoms with Gasteiger partial charge in [-0.25, -0.2) is 4.79 Å². The van der Waals surface area contributed by atoms with Gasteiger partial charge in [0.05, 0.1) is 19.3 Å². The number of rotatable bonds is 3. The predicted octanol–water partition coefficient (Wildman–Crippen LogP) is -0.428. The third-order valence-corrected chi connectivity index (χ3v) is 2.86. The molecule has 16 heavy (non-hydrogen) atoms. The Balaban J connectivity index is 2.27. The zero-order chi connectivity index (χ0) is 12.3. The van der Waals surface area contributed by atoms with E-state index in [4.69, 9.17) is 0 Å². The number of β-amino-alcohol motifs (C(OH)–C–C–N with tert-alkyl or cyclic N) is 1. The molecule has 1 aliphatic rings. The van der Waals surface area contributed by atoms with Crippen molar-refractivity contribution in [3.05, 3.63) is 0 Å². The van der Waals surface area contributed by atoms with Crippen molar-refractivity contribution in [2.24, 2.45) is 5.92 Å². The molecule has 0 aromatic carbocycles. The standard InChI is InChI=1S/C10H18N2O4/c1-7(2)10(15)5-12(6-10)4-8(13)11-9(14)16-3/h7,15H,4-6H2,1-3H3,(H,11,13,14). The molecule has 0 bridgehead atoms. The number of carbonyl (C=O) groups excluding carboxylic acids is 2. The van der Waals surface area contributed by atoms with Crippen LogP contribution in [0.15, 0.2) is 0 Å². The number of methoxy groups -OCH3 is 1. The highest BCUT2D eigenvalue weighted by atomic mass is 16.5. The van der Waals surface area contributed by atoms with Crippen LogP contribution in [0.1, 0.15) is 13.8 Å². The number of nitrogens with zero attached hydrogens (tertiary/aromatic N) is 1. The van der Waals surface area contributed by atoms with E-state index in [-0.39, 0.29) is 12.5 Å². The van der Waals surface area contributed by atoms with Crippen molar-refractivity contribution >= 4 is 12.0 Å². The minimum atomic E-state index is -0.760. The highest BCUT2D eigenvalue weighted by Gasteiger charge is 2.43. The summed E-state index contributed by atoms with van der Waals surface area (Å²) >= 11 is 0. The van der Waals surface area contributed by atoms with Gasteiger partial charge in [0.1, 0.15) is 0 Å². The monoisotopic (exact) mass is 230 g/mol. The van der Waals surface area contributed by atoms with E-state index in [9.17, 15) is 14.7 Å². The van der Waals surface area contributed by atoms with Gasteiger partial charge < -0.3 is 9.84 Å². The number of hydrogen-bond donors (Lipinski definition) is 2. The summed E-state index contributed by atoms with van der Waals surface area (Å²) in [6, 6.07) is 0. The van der Waals surface area contributed by atoms with Crippen LogP contribution in [0.2, 0.25) is 0 Å². The summed E-state index contributed by atoms with van der Waals surface area (Å²) in [5.74, 6) is -0.259. The van der Waals surface area contributed by atoms with Gasteiger partial charge in [-0.2, -0.15) is 0 Å². The Kier molecular flexibility index (Phi) is 3.88. The van der Waals surface area contributed by atoms with Gasteiger partial charge in [0.15, 0.2) is 0 Å². The summed E-state index contributed by atoms with van der Waals surface area (Å²) in [5, 5.41) is 12.0. The molecule has 0 aromatic heterocycles. The van der Waals surface area contributed by atoms with E-state index in [0.29, 0.717) is 13.1 Å². The lowest BCUT2D eigenvalue weighted by atomic mass is 9.83. The SMILES string of the molecule is COC(=O)NC(=O)CN1CC(O)(C(C)C)C1. The molecule has 92 valence electrons. The van der Waals surface area contributed by atoms with Gasteiger partial charge in [-0.05, 0) is 5.92 Å². The molecule has 0 spiro atoms. The number of hydrogen-bond acceptors (Lipinski definition) is 5. The van der Waals surface area contributed by atoms with Crippen molar-refractivity contribution in [2.75, 3.05) is 26.7 Å². The molecule has 1 aliphatic heterocycles. The first kappa shape index (κ1) is 12.9. The number of imide groups is 1. The van der Waals surface area contributed by atoms with Crippen LogP contribution in [0.3, 0.4) is 0 Å². The largest absolute Gasteiger partial charge is 0.453 e. The number of likely N-dealkylation sites (tertiary alicyclic amines) is 1. The summed E-state index contributed by atoms with van der Waals surface area (Å²) in [5.41, 5.74) is -0.703. The Morgan fingerprint density at radius 3 is 2.50 bits per heavy atom. The molecule has 1 rings (SSSR count). The van der Waals surface area contributed by atoms with Crippen LogP contribution in [0.25, 0.3) is 0 Å². The quantitative estimate of drug-likeness (QED) is 0.688. The highest BCUT2D eigenvalue weighted by Crippen LogP contribution is 2.27. The van der Waals surface area contributed by atoms with Crippen LogP contribution in [-0.4, -0.2) is 54.4 Å². The Morgan fingerprint density at radius 1 is 1.50 bits per heavy atom. The van der Waals surface area contributed by atoms with Crippen LogP contribution in [-0.2, 0) is 9.53 Å². The fourth-order valence-corrected chi connectivity index (χ4v) is 1.61. The average Bonchev–Trinajstić information content (AvgIpc) is 2.14. The molecule has 0 radical (unpaired) electrons. The van der Waals surface area contributed by atoms with Crippen molar-refractivity contribution < 1.29 is 19.4 Å². The fourth-order valence-electron chi connectivity index (χ4n) is 1.61. The summed E-state index contributed by atoms with van der Waals surface area (Å²) in [7, 11) is 1.20. The van der Waals surface area contributed by atoms with Gasteiger partial charge in [-0.1, -0.05) is 13.8 Å². The van der Waals surface area contributed by atoms with E-state index < -0.39 is 17.6 Å². The molecule has 0 atom stereocenters. The van der Waals surface area contributed by atoms with Gasteiger partial charge in [-0.15, -0.1) is 0 Å². The molecule has 0 saturated carbocycles.